The van der Waals surface area contributed by atoms with Gasteiger partial charge in [-0.2, -0.15) is 5.10 Å². The van der Waals surface area contributed by atoms with E-state index in [2.05, 4.69) is 10.5 Å². The predicted octanol–water partition coefficient (Wildman–Crippen LogP) is 3.33. The lowest BCUT2D eigenvalue weighted by molar-refractivity contribution is -0.135. The Hall–Kier alpha value is -0.680. The first kappa shape index (κ1) is 17.3. The highest BCUT2D eigenvalue weighted by molar-refractivity contribution is 6.75. The zero-order valence-corrected chi connectivity index (χ0v) is 12.2. The van der Waals surface area contributed by atoms with Crippen molar-refractivity contribution in [1.29, 1.82) is 0 Å². The zero-order chi connectivity index (χ0) is 14.2. The van der Waals surface area contributed by atoms with Crippen molar-refractivity contribution in [2.45, 2.75) is 3.79 Å². The molecule has 0 atom stereocenters. The first-order valence-electron chi connectivity index (χ1n) is 4.53. The molecule has 0 aliphatic carbocycles. The van der Waals surface area contributed by atoms with Gasteiger partial charge < -0.3 is 10.5 Å². The SMILES string of the molecule is CN/N=C/c1ccc(Cl)cc1.O=C(O)C(Cl)(Cl)Cl. The second-order valence-corrected chi connectivity index (χ2v) is 5.55. The van der Waals surface area contributed by atoms with Crippen LogP contribution < -0.4 is 5.43 Å². The van der Waals surface area contributed by atoms with Crippen LogP contribution in [-0.4, -0.2) is 28.1 Å². The van der Waals surface area contributed by atoms with Gasteiger partial charge in [-0.1, -0.05) is 58.5 Å². The molecular weight excluding hydrogens is 322 g/mol. The number of nitrogens with one attached hydrogen (secondary N) is 1. The number of hydrazone groups is 1. The Morgan fingerprint density at radius 1 is 1.33 bits per heavy atom. The average molecular weight is 332 g/mol. The number of alkyl halides is 3. The first-order chi connectivity index (χ1) is 8.27. The van der Waals surface area contributed by atoms with Gasteiger partial charge in [0.25, 0.3) is 3.79 Å². The number of nitrogens with zero attached hydrogens (tertiary/aromatic N) is 1. The van der Waals surface area contributed by atoms with Gasteiger partial charge in [-0.05, 0) is 17.7 Å². The lowest BCUT2D eigenvalue weighted by Crippen LogP contribution is -2.16. The molecule has 0 aliphatic heterocycles. The molecule has 0 aromatic heterocycles. The Labute approximate surface area is 124 Å². The Balaban J connectivity index is 0.000000360. The number of carbonyl (C=O) groups is 1. The second kappa shape index (κ2) is 8.43. The Kier molecular flexibility index (Phi) is 8.11. The molecule has 100 valence electrons. The molecule has 4 nitrogen and oxygen atoms in total. The molecule has 2 N–H and O–H groups in total. The molecule has 8 heteroatoms. The summed E-state index contributed by atoms with van der Waals surface area (Å²) in [6.07, 6.45) is 1.73. The van der Waals surface area contributed by atoms with E-state index in [0.717, 1.165) is 10.6 Å². The summed E-state index contributed by atoms with van der Waals surface area (Å²) >= 11 is 20.1. The number of hydrogen-bond donors (Lipinski definition) is 2. The van der Waals surface area contributed by atoms with Gasteiger partial charge in [0.05, 0.1) is 6.21 Å². The summed E-state index contributed by atoms with van der Waals surface area (Å²) in [4.78, 5) is 9.62. The molecule has 0 aliphatic rings. The first-order valence-corrected chi connectivity index (χ1v) is 6.04. The summed E-state index contributed by atoms with van der Waals surface area (Å²) in [5, 5.41) is 12.5. The van der Waals surface area contributed by atoms with E-state index in [9.17, 15) is 4.79 Å². The molecule has 0 bridgehead atoms. The number of rotatable bonds is 2. The van der Waals surface area contributed by atoms with Crippen LogP contribution in [-0.2, 0) is 4.79 Å². The third kappa shape index (κ3) is 8.42. The summed E-state index contributed by atoms with van der Waals surface area (Å²) in [5.41, 5.74) is 3.70. The summed E-state index contributed by atoms with van der Waals surface area (Å²) in [7, 11) is 1.76. The van der Waals surface area contributed by atoms with Crippen LogP contribution >= 0.6 is 46.4 Å². The molecule has 0 unspecified atom stereocenters. The van der Waals surface area contributed by atoms with Crippen molar-refractivity contribution in [3.63, 3.8) is 0 Å². The average Bonchev–Trinajstić information content (AvgIpc) is 2.28. The van der Waals surface area contributed by atoms with E-state index in [1.165, 1.54) is 0 Å². The molecule has 0 saturated heterocycles. The third-order valence-corrected chi connectivity index (χ3v) is 2.19. The van der Waals surface area contributed by atoms with Crippen LogP contribution in [0.2, 0.25) is 5.02 Å². The topological polar surface area (TPSA) is 61.7 Å². The highest BCUT2D eigenvalue weighted by Crippen LogP contribution is 2.25. The van der Waals surface area contributed by atoms with Gasteiger partial charge in [0.15, 0.2) is 0 Å². The number of carboxylic acids is 1. The van der Waals surface area contributed by atoms with Gasteiger partial charge in [-0.25, -0.2) is 4.79 Å². The zero-order valence-electron chi connectivity index (χ0n) is 9.20. The van der Waals surface area contributed by atoms with Crippen molar-refractivity contribution in [2.75, 3.05) is 7.05 Å². The lowest BCUT2D eigenvalue weighted by Gasteiger charge is -1.99. The predicted molar refractivity (Wildman–Crippen MR) is 76.0 cm³/mol. The minimum atomic E-state index is -2.17. The van der Waals surface area contributed by atoms with Crippen LogP contribution in [0.25, 0.3) is 0 Å². The third-order valence-electron chi connectivity index (χ3n) is 1.46. The molecule has 0 amide bonds. The summed E-state index contributed by atoms with van der Waals surface area (Å²) < 4.78 is -2.17. The van der Waals surface area contributed by atoms with Crippen LogP contribution in [0.4, 0.5) is 0 Å². The van der Waals surface area contributed by atoms with Crippen molar-refractivity contribution in [1.82, 2.24) is 5.43 Å². The highest BCUT2D eigenvalue weighted by atomic mass is 35.6. The Bertz CT molecular complexity index is 401. The van der Waals surface area contributed by atoms with Gasteiger partial charge in [0, 0.05) is 12.1 Å². The van der Waals surface area contributed by atoms with E-state index in [1.54, 1.807) is 13.3 Å². The van der Waals surface area contributed by atoms with Gasteiger partial charge in [0.2, 0.25) is 0 Å². The van der Waals surface area contributed by atoms with Crippen molar-refractivity contribution in [3.8, 4) is 0 Å². The van der Waals surface area contributed by atoms with E-state index in [-0.39, 0.29) is 0 Å². The van der Waals surface area contributed by atoms with Crippen LogP contribution in [0.15, 0.2) is 29.4 Å². The van der Waals surface area contributed by atoms with Crippen molar-refractivity contribution >= 4 is 58.6 Å². The minimum absolute atomic E-state index is 0.742. The largest absolute Gasteiger partial charge is 0.478 e. The highest BCUT2D eigenvalue weighted by Gasteiger charge is 2.29. The second-order valence-electron chi connectivity index (χ2n) is 2.84. The van der Waals surface area contributed by atoms with Gasteiger partial charge in [0.1, 0.15) is 0 Å². The maximum Gasteiger partial charge on any atom is 0.356 e. The molecule has 0 radical (unpaired) electrons. The van der Waals surface area contributed by atoms with Gasteiger partial charge in [-0.15, -0.1) is 0 Å². The van der Waals surface area contributed by atoms with Crippen LogP contribution in [0, 0.1) is 0 Å². The minimum Gasteiger partial charge on any atom is -0.478 e. The molecule has 0 heterocycles. The van der Waals surface area contributed by atoms with Gasteiger partial charge >= 0.3 is 5.97 Å². The van der Waals surface area contributed by atoms with E-state index in [1.807, 2.05) is 24.3 Å². The monoisotopic (exact) mass is 330 g/mol. The molecule has 0 saturated carbocycles. The smallest absolute Gasteiger partial charge is 0.356 e. The molecule has 1 aromatic rings. The number of hydrogen-bond acceptors (Lipinski definition) is 3. The summed E-state index contributed by atoms with van der Waals surface area (Å²) in [6, 6.07) is 7.48. The van der Waals surface area contributed by atoms with Gasteiger partial charge in [-0.3, -0.25) is 0 Å². The molecule has 1 aromatic carbocycles. The number of halogens is 4. The lowest BCUT2D eigenvalue weighted by atomic mass is 10.2. The van der Waals surface area contributed by atoms with Crippen molar-refractivity contribution in [3.05, 3.63) is 34.9 Å². The Morgan fingerprint density at radius 3 is 2.11 bits per heavy atom. The standard InChI is InChI=1S/C8H9ClN2.C2HCl3O2/c1-10-11-6-7-2-4-8(9)5-3-7;3-2(4,5)1(6)7/h2-6,10H,1H3;(H,6,7)/b11-6+;. The summed E-state index contributed by atoms with van der Waals surface area (Å²) in [5.74, 6) is -1.46. The fourth-order valence-corrected chi connectivity index (χ4v) is 0.814. The normalized spacial score (nSPS) is 10.7. The number of benzene rings is 1. The molecule has 0 spiro atoms. The number of aliphatic carboxylic acids is 1. The molecular formula is C10H10Cl4N2O2. The molecule has 0 fully saturated rings. The van der Waals surface area contributed by atoms with Crippen LogP contribution in [0.1, 0.15) is 5.56 Å². The quantitative estimate of drug-likeness (QED) is 0.496. The van der Waals surface area contributed by atoms with Crippen LogP contribution in [0.3, 0.4) is 0 Å². The fraction of sp³-hybridized carbons (Fsp3) is 0.200. The van der Waals surface area contributed by atoms with Crippen LogP contribution in [0.5, 0.6) is 0 Å². The van der Waals surface area contributed by atoms with E-state index >= 15 is 0 Å². The fourth-order valence-electron chi connectivity index (χ4n) is 0.688. The molecule has 18 heavy (non-hydrogen) atoms. The van der Waals surface area contributed by atoms with E-state index in [4.69, 9.17) is 51.5 Å². The van der Waals surface area contributed by atoms with Crippen molar-refractivity contribution in [2.24, 2.45) is 5.10 Å². The number of carboxylic acid groups (broad SMARTS) is 1. The maximum absolute atomic E-state index is 9.62. The van der Waals surface area contributed by atoms with E-state index < -0.39 is 9.76 Å². The summed E-state index contributed by atoms with van der Waals surface area (Å²) in [6.45, 7) is 0. The van der Waals surface area contributed by atoms with Crippen molar-refractivity contribution < 1.29 is 9.90 Å². The Morgan fingerprint density at radius 2 is 1.78 bits per heavy atom. The van der Waals surface area contributed by atoms with E-state index in [0.29, 0.717) is 0 Å². The maximum atomic E-state index is 9.62. The molecule has 1 rings (SSSR count).